The van der Waals surface area contributed by atoms with Crippen molar-refractivity contribution in [2.75, 3.05) is 12.3 Å². The van der Waals surface area contributed by atoms with Crippen LogP contribution in [-0.2, 0) is 6.42 Å². The van der Waals surface area contributed by atoms with Crippen LogP contribution >= 0.6 is 11.3 Å². The standard InChI is InChI=1S/C16H17N3OS/c1-10-9-21-15(11(10)2)20-8-7-14-12-5-3-4-6-13(12)18-16(17)19-14/h3-6,9H,7-8H2,1-2H3,(H2,17,18,19). The second-order valence-electron chi connectivity index (χ2n) is 4.98. The second-order valence-corrected chi connectivity index (χ2v) is 5.82. The Hall–Kier alpha value is -2.14. The number of aryl methyl sites for hydroxylation is 1. The molecular formula is C16H17N3OS. The molecule has 1 aromatic carbocycles. The molecule has 0 saturated heterocycles. The lowest BCUT2D eigenvalue weighted by Gasteiger charge is -2.08. The van der Waals surface area contributed by atoms with E-state index in [1.807, 2.05) is 24.3 Å². The Morgan fingerprint density at radius 3 is 2.76 bits per heavy atom. The molecule has 0 bridgehead atoms. The maximum Gasteiger partial charge on any atom is 0.220 e. The normalized spacial score (nSPS) is 11.0. The van der Waals surface area contributed by atoms with Crippen molar-refractivity contribution < 1.29 is 4.74 Å². The van der Waals surface area contributed by atoms with Crippen molar-refractivity contribution in [2.24, 2.45) is 0 Å². The van der Waals surface area contributed by atoms with Gasteiger partial charge in [0.05, 0.1) is 17.8 Å². The van der Waals surface area contributed by atoms with Crippen LogP contribution in [0.25, 0.3) is 10.9 Å². The van der Waals surface area contributed by atoms with Gasteiger partial charge in [0.25, 0.3) is 0 Å². The van der Waals surface area contributed by atoms with E-state index < -0.39 is 0 Å². The number of nitrogen functional groups attached to an aromatic ring is 1. The van der Waals surface area contributed by atoms with Crippen LogP contribution in [0.4, 0.5) is 5.95 Å². The van der Waals surface area contributed by atoms with Crippen molar-refractivity contribution >= 4 is 28.2 Å². The minimum Gasteiger partial charge on any atom is -0.483 e. The first-order valence-electron chi connectivity index (χ1n) is 6.84. The highest BCUT2D eigenvalue weighted by Crippen LogP contribution is 2.29. The van der Waals surface area contributed by atoms with Crippen LogP contribution in [0.1, 0.15) is 16.8 Å². The first-order valence-corrected chi connectivity index (χ1v) is 7.71. The molecule has 2 aromatic heterocycles. The molecular weight excluding hydrogens is 282 g/mol. The molecule has 2 N–H and O–H groups in total. The van der Waals surface area contributed by atoms with E-state index in [1.165, 1.54) is 11.1 Å². The Bertz CT molecular complexity index is 782. The fourth-order valence-electron chi connectivity index (χ4n) is 2.21. The van der Waals surface area contributed by atoms with Crippen molar-refractivity contribution in [1.29, 1.82) is 0 Å². The molecule has 0 atom stereocenters. The largest absolute Gasteiger partial charge is 0.483 e. The number of nitrogens with two attached hydrogens (primary N) is 1. The molecule has 0 radical (unpaired) electrons. The molecule has 0 saturated carbocycles. The maximum absolute atomic E-state index is 5.87. The molecule has 4 nitrogen and oxygen atoms in total. The van der Waals surface area contributed by atoms with E-state index in [4.69, 9.17) is 10.5 Å². The van der Waals surface area contributed by atoms with Gasteiger partial charge in [-0.3, -0.25) is 0 Å². The zero-order chi connectivity index (χ0) is 14.8. The number of aromatic nitrogens is 2. The van der Waals surface area contributed by atoms with Gasteiger partial charge in [-0.05, 0) is 30.9 Å². The van der Waals surface area contributed by atoms with E-state index in [0.29, 0.717) is 19.0 Å². The molecule has 0 unspecified atom stereocenters. The fourth-order valence-corrected chi connectivity index (χ4v) is 3.16. The van der Waals surface area contributed by atoms with Gasteiger partial charge in [-0.2, -0.15) is 0 Å². The van der Waals surface area contributed by atoms with E-state index >= 15 is 0 Å². The van der Waals surface area contributed by atoms with Gasteiger partial charge in [-0.15, -0.1) is 11.3 Å². The molecule has 0 fully saturated rings. The van der Waals surface area contributed by atoms with Crippen molar-refractivity contribution in [1.82, 2.24) is 9.97 Å². The zero-order valence-electron chi connectivity index (χ0n) is 12.1. The SMILES string of the molecule is Cc1csc(OCCc2nc(N)nc3ccccc23)c1C. The summed E-state index contributed by atoms with van der Waals surface area (Å²) >= 11 is 1.64. The minimum absolute atomic E-state index is 0.312. The molecule has 3 aromatic rings. The van der Waals surface area contributed by atoms with Gasteiger partial charge in [0, 0.05) is 17.4 Å². The third-order valence-corrected chi connectivity index (χ3v) is 4.62. The fraction of sp³-hybridized carbons (Fsp3) is 0.250. The molecule has 3 rings (SSSR count). The number of anilines is 1. The van der Waals surface area contributed by atoms with Gasteiger partial charge in [0.2, 0.25) is 5.95 Å². The lowest BCUT2D eigenvalue weighted by Crippen LogP contribution is -2.06. The van der Waals surface area contributed by atoms with Gasteiger partial charge in [-0.1, -0.05) is 18.2 Å². The van der Waals surface area contributed by atoms with Gasteiger partial charge in [-0.25, -0.2) is 9.97 Å². The molecule has 0 aliphatic heterocycles. The lowest BCUT2D eigenvalue weighted by atomic mass is 10.1. The van der Waals surface area contributed by atoms with Crippen LogP contribution in [0.15, 0.2) is 29.6 Å². The Balaban J connectivity index is 1.78. The van der Waals surface area contributed by atoms with Crippen molar-refractivity contribution in [3.8, 4) is 5.06 Å². The number of nitrogens with zero attached hydrogens (tertiary/aromatic N) is 2. The second kappa shape index (κ2) is 5.69. The highest BCUT2D eigenvalue weighted by Gasteiger charge is 2.08. The molecule has 5 heteroatoms. The number of hydrogen-bond acceptors (Lipinski definition) is 5. The van der Waals surface area contributed by atoms with Crippen molar-refractivity contribution in [3.63, 3.8) is 0 Å². The molecule has 0 spiro atoms. The summed E-state index contributed by atoms with van der Waals surface area (Å²) < 4.78 is 5.87. The number of benzene rings is 1. The molecule has 0 amide bonds. The highest BCUT2D eigenvalue weighted by molar-refractivity contribution is 7.12. The number of rotatable bonds is 4. The Morgan fingerprint density at radius 1 is 1.19 bits per heavy atom. The van der Waals surface area contributed by atoms with E-state index in [9.17, 15) is 0 Å². The predicted octanol–water partition coefficient (Wildman–Crippen LogP) is 3.51. The van der Waals surface area contributed by atoms with Crippen LogP contribution in [0.2, 0.25) is 0 Å². The quantitative estimate of drug-likeness (QED) is 0.801. The first-order chi connectivity index (χ1) is 10.1. The summed E-state index contributed by atoms with van der Waals surface area (Å²) in [4.78, 5) is 8.60. The van der Waals surface area contributed by atoms with Gasteiger partial charge in [0.1, 0.15) is 0 Å². The van der Waals surface area contributed by atoms with Gasteiger partial charge < -0.3 is 10.5 Å². The molecule has 0 aliphatic rings. The number of ether oxygens (including phenoxy) is 1. The molecule has 21 heavy (non-hydrogen) atoms. The summed E-state index contributed by atoms with van der Waals surface area (Å²) in [5, 5.41) is 4.14. The summed E-state index contributed by atoms with van der Waals surface area (Å²) in [6.07, 6.45) is 0.712. The lowest BCUT2D eigenvalue weighted by molar-refractivity contribution is 0.328. The smallest absolute Gasteiger partial charge is 0.220 e. The number of para-hydroxylation sites is 1. The van der Waals surface area contributed by atoms with Crippen molar-refractivity contribution in [3.05, 3.63) is 46.5 Å². The van der Waals surface area contributed by atoms with Crippen LogP contribution in [-0.4, -0.2) is 16.6 Å². The predicted molar refractivity (Wildman–Crippen MR) is 86.9 cm³/mol. The Morgan fingerprint density at radius 2 is 2.00 bits per heavy atom. The van der Waals surface area contributed by atoms with Crippen LogP contribution in [0.5, 0.6) is 5.06 Å². The molecule has 2 heterocycles. The topological polar surface area (TPSA) is 61.0 Å². The maximum atomic E-state index is 5.87. The average Bonchev–Trinajstić information content (AvgIpc) is 2.79. The summed E-state index contributed by atoms with van der Waals surface area (Å²) in [6, 6.07) is 7.90. The highest BCUT2D eigenvalue weighted by atomic mass is 32.1. The van der Waals surface area contributed by atoms with Crippen LogP contribution in [0.3, 0.4) is 0 Å². The monoisotopic (exact) mass is 299 g/mol. The number of hydrogen-bond donors (Lipinski definition) is 1. The van der Waals surface area contributed by atoms with E-state index in [-0.39, 0.29) is 0 Å². The summed E-state index contributed by atoms with van der Waals surface area (Å²) in [5.41, 5.74) is 10.1. The average molecular weight is 299 g/mol. The van der Waals surface area contributed by atoms with Crippen molar-refractivity contribution in [2.45, 2.75) is 20.3 Å². The Labute approximate surface area is 127 Å². The van der Waals surface area contributed by atoms with Crippen LogP contribution < -0.4 is 10.5 Å². The summed E-state index contributed by atoms with van der Waals surface area (Å²) in [5.74, 6) is 0.312. The van der Waals surface area contributed by atoms with Gasteiger partial charge >= 0.3 is 0 Å². The van der Waals surface area contributed by atoms with E-state index in [0.717, 1.165) is 21.7 Å². The number of fused-ring (bicyclic) bond motifs is 1. The minimum atomic E-state index is 0.312. The third-order valence-electron chi connectivity index (χ3n) is 3.51. The Kier molecular flexibility index (Phi) is 3.75. The third kappa shape index (κ3) is 2.83. The van der Waals surface area contributed by atoms with E-state index in [1.54, 1.807) is 11.3 Å². The summed E-state index contributed by atoms with van der Waals surface area (Å²) in [7, 11) is 0. The number of thiophene rings is 1. The van der Waals surface area contributed by atoms with E-state index in [2.05, 4.69) is 29.2 Å². The zero-order valence-corrected chi connectivity index (χ0v) is 12.9. The van der Waals surface area contributed by atoms with Crippen LogP contribution in [0, 0.1) is 13.8 Å². The first kappa shape index (κ1) is 13.8. The molecule has 0 aliphatic carbocycles. The van der Waals surface area contributed by atoms with Gasteiger partial charge in [0.15, 0.2) is 5.06 Å². The summed E-state index contributed by atoms with van der Waals surface area (Å²) in [6.45, 7) is 4.76. The molecule has 108 valence electrons.